The SMILES string of the molecule is C#CC(=O)N(c1ccn(-c2ccc(C(F)(F)F)cc2)n1)C1(C(N)=O)CCOCC1. The van der Waals surface area contributed by atoms with Crippen molar-refractivity contribution in [3.8, 4) is 18.0 Å². The predicted molar refractivity (Wildman–Crippen MR) is 96.9 cm³/mol. The average Bonchev–Trinajstić information content (AvgIpc) is 3.17. The van der Waals surface area contributed by atoms with Gasteiger partial charge in [-0.1, -0.05) is 0 Å². The van der Waals surface area contributed by atoms with Crippen molar-refractivity contribution in [2.45, 2.75) is 24.6 Å². The lowest BCUT2D eigenvalue weighted by molar-refractivity contribution is -0.137. The molecule has 0 unspecified atom stereocenters. The molecule has 2 aromatic rings. The molecule has 1 aromatic carbocycles. The van der Waals surface area contributed by atoms with Crippen LogP contribution in [0.25, 0.3) is 5.69 Å². The summed E-state index contributed by atoms with van der Waals surface area (Å²) in [5, 5.41) is 4.24. The number of carbonyl (C=O) groups is 2. The second-order valence-electron chi connectivity index (χ2n) is 6.46. The van der Waals surface area contributed by atoms with E-state index in [0.717, 1.165) is 17.0 Å². The van der Waals surface area contributed by atoms with Crippen LogP contribution in [-0.4, -0.2) is 40.3 Å². The van der Waals surface area contributed by atoms with E-state index in [9.17, 15) is 22.8 Å². The Hall–Kier alpha value is -3.32. The summed E-state index contributed by atoms with van der Waals surface area (Å²) in [5.74, 6) is 0.497. The summed E-state index contributed by atoms with van der Waals surface area (Å²) in [5.41, 5.74) is 3.74. The van der Waals surface area contributed by atoms with Crippen molar-refractivity contribution in [2.24, 2.45) is 5.73 Å². The molecule has 2 amide bonds. The van der Waals surface area contributed by atoms with Gasteiger partial charge in [0.1, 0.15) is 5.54 Å². The summed E-state index contributed by atoms with van der Waals surface area (Å²) in [6, 6.07) is 5.76. The number of ether oxygens (including phenoxy) is 1. The molecule has 1 aliphatic rings. The lowest BCUT2D eigenvalue weighted by atomic mass is 9.87. The number of nitrogens with zero attached hydrogens (tertiary/aromatic N) is 3. The van der Waals surface area contributed by atoms with Crippen molar-refractivity contribution in [2.75, 3.05) is 18.1 Å². The molecule has 152 valence electrons. The number of hydrogen-bond acceptors (Lipinski definition) is 4. The second-order valence-corrected chi connectivity index (χ2v) is 6.46. The van der Waals surface area contributed by atoms with Crippen molar-refractivity contribution in [1.29, 1.82) is 0 Å². The largest absolute Gasteiger partial charge is 0.416 e. The molecule has 2 heterocycles. The number of anilines is 1. The van der Waals surface area contributed by atoms with E-state index >= 15 is 0 Å². The Morgan fingerprint density at radius 1 is 1.21 bits per heavy atom. The summed E-state index contributed by atoms with van der Waals surface area (Å²) in [6.45, 7) is 0.411. The first kappa shape index (κ1) is 20.4. The highest BCUT2D eigenvalue weighted by Crippen LogP contribution is 2.33. The van der Waals surface area contributed by atoms with Gasteiger partial charge >= 0.3 is 12.1 Å². The number of hydrogen-bond donors (Lipinski definition) is 1. The molecule has 1 aliphatic heterocycles. The van der Waals surface area contributed by atoms with Crippen LogP contribution in [0, 0.1) is 12.3 Å². The van der Waals surface area contributed by atoms with Crippen LogP contribution in [0.1, 0.15) is 18.4 Å². The fourth-order valence-electron chi connectivity index (χ4n) is 3.25. The Kier molecular flexibility index (Phi) is 5.35. The van der Waals surface area contributed by atoms with Crippen LogP contribution in [-0.2, 0) is 20.5 Å². The number of terminal acetylenes is 1. The molecular weight excluding hydrogens is 389 g/mol. The van der Waals surface area contributed by atoms with Crippen LogP contribution in [0.5, 0.6) is 0 Å². The highest BCUT2D eigenvalue weighted by Gasteiger charge is 2.47. The number of benzene rings is 1. The molecule has 0 atom stereocenters. The van der Waals surface area contributed by atoms with Crippen molar-refractivity contribution in [1.82, 2.24) is 9.78 Å². The van der Waals surface area contributed by atoms with Crippen LogP contribution in [0.4, 0.5) is 19.0 Å². The predicted octanol–water partition coefficient (Wildman–Crippen LogP) is 1.89. The zero-order chi connectivity index (χ0) is 21.2. The van der Waals surface area contributed by atoms with Gasteiger partial charge in [-0.05, 0) is 30.2 Å². The molecule has 10 heteroatoms. The summed E-state index contributed by atoms with van der Waals surface area (Å²) >= 11 is 0. The summed E-state index contributed by atoms with van der Waals surface area (Å²) < 4.78 is 44.8. The molecule has 0 aliphatic carbocycles. The molecule has 0 saturated carbocycles. The first-order valence-electron chi connectivity index (χ1n) is 8.61. The zero-order valence-corrected chi connectivity index (χ0v) is 15.1. The summed E-state index contributed by atoms with van der Waals surface area (Å²) in [4.78, 5) is 25.8. The fourth-order valence-corrected chi connectivity index (χ4v) is 3.25. The number of primary amides is 1. The third-order valence-electron chi connectivity index (χ3n) is 4.80. The van der Waals surface area contributed by atoms with Crippen LogP contribution < -0.4 is 10.6 Å². The topological polar surface area (TPSA) is 90.5 Å². The van der Waals surface area contributed by atoms with E-state index in [1.165, 1.54) is 29.1 Å². The smallest absolute Gasteiger partial charge is 0.381 e. The van der Waals surface area contributed by atoms with E-state index in [0.29, 0.717) is 5.69 Å². The van der Waals surface area contributed by atoms with Gasteiger partial charge in [0.05, 0.1) is 11.3 Å². The lowest BCUT2D eigenvalue weighted by Crippen LogP contribution is -2.62. The average molecular weight is 406 g/mol. The van der Waals surface area contributed by atoms with Crippen molar-refractivity contribution < 1.29 is 27.5 Å². The number of halogens is 3. The molecular formula is C19H17F3N4O3. The molecule has 1 fully saturated rings. The zero-order valence-electron chi connectivity index (χ0n) is 15.1. The van der Waals surface area contributed by atoms with Crippen molar-refractivity contribution >= 4 is 17.6 Å². The maximum absolute atomic E-state index is 12.7. The van der Waals surface area contributed by atoms with Gasteiger partial charge in [-0.15, -0.1) is 11.5 Å². The first-order chi connectivity index (χ1) is 13.7. The third-order valence-corrected chi connectivity index (χ3v) is 4.80. The Morgan fingerprint density at radius 3 is 2.34 bits per heavy atom. The quantitative estimate of drug-likeness (QED) is 0.786. The van der Waals surface area contributed by atoms with E-state index in [1.54, 1.807) is 0 Å². The van der Waals surface area contributed by atoms with Crippen LogP contribution in [0.2, 0.25) is 0 Å². The van der Waals surface area contributed by atoms with Gasteiger partial charge in [0.15, 0.2) is 5.82 Å². The summed E-state index contributed by atoms with van der Waals surface area (Å²) in [7, 11) is 0. The molecule has 7 nitrogen and oxygen atoms in total. The third kappa shape index (κ3) is 3.82. The highest BCUT2D eigenvalue weighted by molar-refractivity contribution is 6.10. The van der Waals surface area contributed by atoms with Gasteiger partial charge in [0.2, 0.25) is 5.91 Å². The van der Waals surface area contributed by atoms with E-state index in [-0.39, 0.29) is 31.9 Å². The minimum absolute atomic E-state index is 0.0635. The van der Waals surface area contributed by atoms with Crippen LogP contribution in [0.15, 0.2) is 36.5 Å². The van der Waals surface area contributed by atoms with E-state index in [1.807, 2.05) is 5.92 Å². The Bertz CT molecular complexity index is 954. The second kappa shape index (κ2) is 7.60. The minimum Gasteiger partial charge on any atom is -0.381 e. The van der Waals surface area contributed by atoms with Crippen LogP contribution in [0.3, 0.4) is 0 Å². The van der Waals surface area contributed by atoms with E-state index in [2.05, 4.69) is 5.10 Å². The van der Waals surface area contributed by atoms with Crippen molar-refractivity contribution in [3.63, 3.8) is 0 Å². The maximum atomic E-state index is 12.7. The fraction of sp³-hybridized carbons (Fsp3) is 0.316. The van der Waals surface area contributed by atoms with Gasteiger partial charge in [-0.3, -0.25) is 14.5 Å². The number of carbonyl (C=O) groups excluding carboxylic acids is 2. The van der Waals surface area contributed by atoms with Gasteiger partial charge < -0.3 is 10.5 Å². The van der Waals surface area contributed by atoms with Gasteiger partial charge in [0, 0.05) is 38.3 Å². The number of rotatable bonds is 4. The lowest BCUT2D eigenvalue weighted by Gasteiger charge is -2.41. The number of aromatic nitrogens is 2. The minimum atomic E-state index is -4.46. The van der Waals surface area contributed by atoms with Gasteiger partial charge in [-0.2, -0.15) is 13.2 Å². The van der Waals surface area contributed by atoms with Gasteiger partial charge in [-0.25, -0.2) is 4.68 Å². The molecule has 1 saturated heterocycles. The molecule has 3 rings (SSSR count). The molecule has 0 radical (unpaired) electrons. The Morgan fingerprint density at radius 2 is 1.83 bits per heavy atom. The highest BCUT2D eigenvalue weighted by atomic mass is 19.4. The molecule has 2 N–H and O–H groups in total. The number of nitrogens with two attached hydrogens (primary N) is 1. The standard InChI is InChI=1S/C19H17F3N4O3/c1-2-16(27)26(18(17(23)28)8-11-29-12-9-18)15-7-10-25(24-15)14-5-3-13(4-6-14)19(20,21)22/h1,3-7,10H,8-9,11-12H2,(H2,23,28). The molecule has 0 bridgehead atoms. The van der Waals surface area contributed by atoms with Gasteiger partial charge in [0.25, 0.3) is 0 Å². The normalized spacial score (nSPS) is 16.1. The monoisotopic (exact) mass is 406 g/mol. The Balaban J connectivity index is 2.00. The van der Waals surface area contributed by atoms with E-state index in [4.69, 9.17) is 16.9 Å². The van der Waals surface area contributed by atoms with Crippen molar-refractivity contribution in [3.05, 3.63) is 42.1 Å². The van der Waals surface area contributed by atoms with Crippen LogP contribution >= 0.6 is 0 Å². The molecule has 1 aromatic heterocycles. The Labute approximate surface area is 164 Å². The number of alkyl halides is 3. The summed E-state index contributed by atoms with van der Waals surface area (Å²) in [6.07, 6.45) is 2.56. The molecule has 0 spiro atoms. The molecule has 29 heavy (non-hydrogen) atoms. The number of amides is 2. The maximum Gasteiger partial charge on any atom is 0.416 e. The van der Waals surface area contributed by atoms with E-state index < -0.39 is 29.1 Å². The first-order valence-corrected chi connectivity index (χ1v) is 8.61.